The molecule has 2 fully saturated rings. The van der Waals surface area contributed by atoms with Gasteiger partial charge in [0.25, 0.3) is 0 Å². The van der Waals surface area contributed by atoms with Gasteiger partial charge in [0.15, 0.2) is 0 Å². The molecule has 92 valence electrons. The number of amides is 1. The van der Waals surface area contributed by atoms with Gasteiger partial charge >= 0.3 is 0 Å². The largest absolute Gasteiger partial charge is 0.369 e. The second kappa shape index (κ2) is 4.76. The fourth-order valence-corrected chi connectivity index (χ4v) is 2.98. The summed E-state index contributed by atoms with van der Waals surface area (Å²) in [5.74, 6) is 0.477. The zero-order chi connectivity index (χ0) is 11.7. The highest BCUT2D eigenvalue weighted by atomic mass is 32.1. The van der Waals surface area contributed by atoms with Gasteiger partial charge in [-0.1, -0.05) is 6.07 Å². The molecule has 2 aliphatic rings. The number of ether oxygens (including phenoxy) is 1. The quantitative estimate of drug-likeness (QED) is 0.849. The van der Waals surface area contributed by atoms with Crippen molar-refractivity contribution < 1.29 is 9.53 Å². The van der Waals surface area contributed by atoms with Crippen molar-refractivity contribution in [1.82, 2.24) is 10.2 Å². The van der Waals surface area contributed by atoms with Crippen LogP contribution >= 0.6 is 11.3 Å². The maximum Gasteiger partial charge on any atom is 0.228 e. The lowest BCUT2D eigenvalue weighted by molar-refractivity contribution is -0.144. The molecule has 2 saturated heterocycles. The van der Waals surface area contributed by atoms with Crippen molar-refractivity contribution in [1.29, 1.82) is 0 Å². The van der Waals surface area contributed by atoms with Crippen LogP contribution in [0.2, 0.25) is 0 Å². The summed E-state index contributed by atoms with van der Waals surface area (Å²) in [7, 11) is 0. The molecule has 0 aliphatic carbocycles. The topological polar surface area (TPSA) is 41.6 Å². The molecule has 4 nitrogen and oxygen atoms in total. The average Bonchev–Trinajstić information content (AvgIpc) is 2.80. The number of morpholine rings is 1. The van der Waals surface area contributed by atoms with E-state index in [9.17, 15) is 4.79 Å². The molecule has 3 heterocycles. The van der Waals surface area contributed by atoms with Crippen molar-refractivity contribution in [2.75, 3.05) is 32.8 Å². The molecule has 0 radical (unpaired) electrons. The summed E-state index contributed by atoms with van der Waals surface area (Å²) >= 11 is 1.70. The summed E-state index contributed by atoms with van der Waals surface area (Å²) in [5, 5.41) is 5.19. The Kier molecular flexibility index (Phi) is 3.13. The third-order valence-electron chi connectivity index (χ3n) is 3.37. The van der Waals surface area contributed by atoms with Gasteiger partial charge in [0, 0.05) is 24.5 Å². The van der Waals surface area contributed by atoms with Crippen LogP contribution in [0.1, 0.15) is 11.0 Å². The molecule has 1 amide bonds. The number of hydrogen-bond acceptors (Lipinski definition) is 4. The van der Waals surface area contributed by atoms with Gasteiger partial charge in [-0.05, 0) is 11.4 Å². The van der Waals surface area contributed by atoms with Gasteiger partial charge in [-0.15, -0.1) is 11.3 Å². The predicted molar refractivity (Wildman–Crippen MR) is 66.0 cm³/mol. The Morgan fingerprint density at radius 3 is 3.06 bits per heavy atom. The van der Waals surface area contributed by atoms with E-state index in [1.54, 1.807) is 11.3 Å². The molecule has 0 bridgehead atoms. The highest BCUT2D eigenvalue weighted by molar-refractivity contribution is 7.10. The van der Waals surface area contributed by atoms with Gasteiger partial charge in [-0.2, -0.15) is 0 Å². The zero-order valence-electron chi connectivity index (χ0n) is 9.59. The monoisotopic (exact) mass is 252 g/mol. The van der Waals surface area contributed by atoms with Crippen LogP contribution in [0.25, 0.3) is 0 Å². The first-order chi connectivity index (χ1) is 8.34. The van der Waals surface area contributed by atoms with Crippen LogP contribution in [-0.4, -0.2) is 43.6 Å². The minimum Gasteiger partial charge on any atom is -0.369 e. The van der Waals surface area contributed by atoms with Crippen LogP contribution in [-0.2, 0) is 9.53 Å². The molecular formula is C12H16N2O2S. The number of thiophene rings is 1. The molecule has 3 rings (SSSR count). The van der Waals surface area contributed by atoms with Crippen LogP contribution in [0, 0.1) is 5.92 Å². The van der Waals surface area contributed by atoms with Gasteiger partial charge in [-0.3, -0.25) is 4.79 Å². The van der Waals surface area contributed by atoms with Gasteiger partial charge in [-0.25, -0.2) is 0 Å². The fourth-order valence-electron chi connectivity index (χ4n) is 2.22. The molecular weight excluding hydrogens is 236 g/mol. The fraction of sp³-hybridized carbons (Fsp3) is 0.583. The molecule has 0 spiro atoms. The number of nitrogens with zero attached hydrogens (tertiary/aromatic N) is 1. The molecule has 1 aromatic rings. The predicted octanol–water partition coefficient (Wildman–Crippen LogP) is 0.867. The van der Waals surface area contributed by atoms with E-state index in [0.29, 0.717) is 13.2 Å². The Bertz CT molecular complexity index is 389. The van der Waals surface area contributed by atoms with Crippen molar-refractivity contribution in [3.63, 3.8) is 0 Å². The van der Waals surface area contributed by atoms with Crippen LogP contribution < -0.4 is 5.32 Å². The number of rotatable bonds is 2. The lowest BCUT2D eigenvalue weighted by Gasteiger charge is -2.37. The highest BCUT2D eigenvalue weighted by Gasteiger charge is 2.32. The first kappa shape index (κ1) is 11.2. The van der Waals surface area contributed by atoms with E-state index in [1.807, 2.05) is 11.0 Å². The highest BCUT2D eigenvalue weighted by Crippen LogP contribution is 2.26. The molecule has 2 aliphatic heterocycles. The third-order valence-corrected chi connectivity index (χ3v) is 4.33. The number of hydrogen-bond donors (Lipinski definition) is 1. The van der Waals surface area contributed by atoms with E-state index in [0.717, 1.165) is 19.6 Å². The first-order valence-corrected chi connectivity index (χ1v) is 6.87. The number of carbonyl (C=O) groups is 1. The van der Waals surface area contributed by atoms with E-state index in [2.05, 4.69) is 16.8 Å². The summed E-state index contributed by atoms with van der Waals surface area (Å²) in [6.07, 6.45) is 0.0701. The Labute approximate surface area is 105 Å². The van der Waals surface area contributed by atoms with E-state index >= 15 is 0 Å². The van der Waals surface area contributed by atoms with Crippen molar-refractivity contribution in [2.45, 2.75) is 6.10 Å². The van der Waals surface area contributed by atoms with Crippen LogP contribution in [0.15, 0.2) is 17.5 Å². The van der Waals surface area contributed by atoms with Gasteiger partial charge in [0.2, 0.25) is 5.91 Å². The average molecular weight is 252 g/mol. The number of nitrogens with one attached hydrogen (secondary N) is 1. The molecule has 0 saturated carbocycles. The van der Waals surface area contributed by atoms with Crippen molar-refractivity contribution in [2.24, 2.45) is 5.92 Å². The SMILES string of the molecule is O=C(C1CNC1)N1CCOC(c2cccs2)C1. The summed E-state index contributed by atoms with van der Waals surface area (Å²) in [6, 6.07) is 4.11. The Morgan fingerprint density at radius 1 is 1.53 bits per heavy atom. The lowest BCUT2D eigenvalue weighted by atomic mass is 10.0. The van der Waals surface area contributed by atoms with Gasteiger partial charge < -0.3 is 15.0 Å². The smallest absolute Gasteiger partial charge is 0.228 e. The Balaban J connectivity index is 1.65. The molecule has 1 aromatic heterocycles. The molecule has 5 heteroatoms. The van der Waals surface area contributed by atoms with Crippen LogP contribution in [0.3, 0.4) is 0 Å². The Morgan fingerprint density at radius 2 is 2.41 bits per heavy atom. The van der Waals surface area contributed by atoms with Gasteiger partial charge in [0.1, 0.15) is 6.10 Å². The van der Waals surface area contributed by atoms with Crippen LogP contribution in [0.4, 0.5) is 0 Å². The second-order valence-electron chi connectivity index (χ2n) is 4.51. The van der Waals surface area contributed by atoms with Gasteiger partial charge in [0.05, 0.1) is 19.1 Å². The Hall–Kier alpha value is -0.910. The van der Waals surface area contributed by atoms with E-state index in [4.69, 9.17) is 4.74 Å². The summed E-state index contributed by atoms with van der Waals surface area (Å²) < 4.78 is 5.74. The summed E-state index contributed by atoms with van der Waals surface area (Å²) in [6.45, 7) is 3.75. The van der Waals surface area contributed by atoms with E-state index in [1.165, 1.54) is 4.88 Å². The molecule has 1 unspecified atom stereocenters. The number of carbonyl (C=O) groups excluding carboxylic acids is 1. The minimum atomic E-state index is 0.0701. The third kappa shape index (κ3) is 2.22. The van der Waals surface area contributed by atoms with E-state index < -0.39 is 0 Å². The van der Waals surface area contributed by atoms with Crippen LogP contribution in [0.5, 0.6) is 0 Å². The second-order valence-corrected chi connectivity index (χ2v) is 5.49. The maximum atomic E-state index is 12.1. The van der Waals surface area contributed by atoms with E-state index in [-0.39, 0.29) is 17.9 Å². The lowest BCUT2D eigenvalue weighted by Crippen LogP contribution is -2.54. The molecule has 17 heavy (non-hydrogen) atoms. The summed E-state index contributed by atoms with van der Waals surface area (Å²) in [4.78, 5) is 15.3. The molecule has 0 aromatic carbocycles. The molecule has 1 atom stereocenters. The normalized spacial score (nSPS) is 25.6. The van der Waals surface area contributed by atoms with Crippen molar-refractivity contribution in [3.05, 3.63) is 22.4 Å². The standard InChI is InChI=1S/C12H16N2O2S/c15-12(9-6-13-7-9)14-3-4-16-10(8-14)11-2-1-5-17-11/h1-2,5,9-10,13H,3-4,6-8H2. The zero-order valence-corrected chi connectivity index (χ0v) is 10.4. The van der Waals surface area contributed by atoms with Crippen molar-refractivity contribution >= 4 is 17.2 Å². The molecule has 1 N–H and O–H groups in total. The minimum absolute atomic E-state index is 0.0701. The first-order valence-electron chi connectivity index (χ1n) is 5.99. The summed E-state index contributed by atoms with van der Waals surface area (Å²) in [5.41, 5.74) is 0. The maximum absolute atomic E-state index is 12.1. The van der Waals surface area contributed by atoms with Crippen molar-refractivity contribution in [3.8, 4) is 0 Å².